The van der Waals surface area contributed by atoms with E-state index in [0.717, 1.165) is 17.7 Å². The van der Waals surface area contributed by atoms with Gasteiger partial charge in [0.05, 0.1) is 6.20 Å². The normalized spacial score (nSPS) is 17.0. The number of aromatic nitrogens is 3. The largest absolute Gasteiger partial charge is 0.436 e. The lowest BCUT2D eigenvalue weighted by Gasteiger charge is -2.23. The molecule has 5 aromatic rings. The van der Waals surface area contributed by atoms with Gasteiger partial charge in [0.1, 0.15) is 23.5 Å². The molecule has 2 aliphatic rings. The SMILES string of the molecule is O=C(Nc1ccc(-c2cnc(-c3ccc(NC(=O)[C@@H]4CCCN4C(=O)c4cccc(F)n4)cc3)o2)cc1)[C@@H]1CCCN1C(=O)c1cccc(F)n1. The van der Waals surface area contributed by atoms with Crippen molar-refractivity contribution in [1.29, 1.82) is 0 Å². The summed E-state index contributed by atoms with van der Waals surface area (Å²) < 4.78 is 33.1. The molecule has 2 aliphatic heterocycles. The molecule has 0 saturated carbocycles. The van der Waals surface area contributed by atoms with E-state index in [1.165, 1.54) is 34.1 Å². The lowest BCUT2D eigenvalue weighted by Crippen LogP contribution is -2.43. The summed E-state index contributed by atoms with van der Waals surface area (Å²) in [5.41, 5.74) is 2.34. The molecule has 2 saturated heterocycles. The molecule has 0 spiro atoms. The van der Waals surface area contributed by atoms with Crippen LogP contribution in [0, 0.1) is 11.9 Å². The number of hydrogen-bond acceptors (Lipinski definition) is 8. The van der Waals surface area contributed by atoms with Gasteiger partial charge < -0.3 is 24.9 Å². The molecule has 4 amide bonds. The number of benzene rings is 2. The summed E-state index contributed by atoms with van der Waals surface area (Å²) in [6.45, 7) is 0.745. The van der Waals surface area contributed by atoms with Crippen LogP contribution in [-0.2, 0) is 9.59 Å². The highest BCUT2D eigenvalue weighted by Crippen LogP contribution is 2.29. The Morgan fingerprint density at radius 1 is 0.647 bits per heavy atom. The van der Waals surface area contributed by atoms with Crippen molar-refractivity contribution in [3.8, 4) is 22.8 Å². The topological polar surface area (TPSA) is 151 Å². The van der Waals surface area contributed by atoms with Crippen molar-refractivity contribution in [2.24, 2.45) is 0 Å². The van der Waals surface area contributed by atoms with Crippen LogP contribution in [0.25, 0.3) is 22.8 Å². The summed E-state index contributed by atoms with van der Waals surface area (Å²) in [5.74, 6) is -2.35. The Hall–Kier alpha value is -6.31. The van der Waals surface area contributed by atoms with Crippen LogP contribution in [0.2, 0.25) is 0 Å². The Balaban J connectivity index is 0.951. The molecule has 0 unspecified atom stereocenters. The fraction of sp³-hybridized carbons (Fsp3) is 0.216. The Bertz CT molecular complexity index is 1960. The fourth-order valence-electron chi connectivity index (χ4n) is 6.32. The molecule has 3 aromatic heterocycles. The lowest BCUT2D eigenvalue weighted by molar-refractivity contribution is -0.120. The number of carbonyl (C=O) groups is 4. The second-order valence-corrected chi connectivity index (χ2v) is 12.2. The first-order valence-corrected chi connectivity index (χ1v) is 16.4. The molecule has 258 valence electrons. The van der Waals surface area contributed by atoms with E-state index in [9.17, 15) is 28.0 Å². The van der Waals surface area contributed by atoms with E-state index in [0.29, 0.717) is 67.4 Å². The average molecular weight is 692 g/mol. The Morgan fingerprint density at radius 3 is 1.59 bits per heavy atom. The van der Waals surface area contributed by atoms with E-state index in [-0.39, 0.29) is 23.2 Å². The van der Waals surface area contributed by atoms with Gasteiger partial charge >= 0.3 is 0 Å². The number of nitrogens with zero attached hydrogens (tertiary/aromatic N) is 5. The van der Waals surface area contributed by atoms with Crippen molar-refractivity contribution < 1.29 is 32.4 Å². The maximum atomic E-state index is 13.6. The van der Waals surface area contributed by atoms with Crippen LogP contribution in [0.5, 0.6) is 0 Å². The van der Waals surface area contributed by atoms with Crippen molar-refractivity contribution in [2.75, 3.05) is 23.7 Å². The zero-order valence-corrected chi connectivity index (χ0v) is 27.1. The smallest absolute Gasteiger partial charge is 0.273 e. The van der Waals surface area contributed by atoms with Gasteiger partial charge in [-0.2, -0.15) is 8.78 Å². The van der Waals surface area contributed by atoms with Gasteiger partial charge in [-0.05, 0) is 98.5 Å². The third kappa shape index (κ3) is 7.20. The summed E-state index contributed by atoms with van der Waals surface area (Å²) in [5, 5.41) is 5.71. The Morgan fingerprint density at radius 2 is 1.12 bits per heavy atom. The monoisotopic (exact) mass is 691 g/mol. The highest BCUT2D eigenvalue weighted by atomic mass is 19.1. The summed E-state index contributed by atoms with van der Waals surface area (Å²) in [4.78, 5) is 66.6. The number of pyridine rings is 2. The average Bonchev–Trinajstić information content (AvgIpc) is 3.94. The van der Waals surface area contributed by atoms with Crippen LogP contribution in [0.4, 0.5) is 20.2 Å². The van der Waals surface area contributed by atoms with Crippen molar-refractivity contribution in [3.63, 3.8) is 0 Å². The van der Waals surface area contributed by atoms with Crippen molar-refractivity contribution >= 4 is 35.0 Å². The molecule has 14 heteroatoms. The number of oxazole rings is 1. The van der Waals surface area contributed by atoms with Crippen LogP contribution in [-0.4, -0.2) is 73.6 Å². The van der Waals surface area contributed by atoms with Crippen LogP contribution < -0.4 is 10.6 Å². The van der Waals surface area contributed by atoms with Gasteiger partial charge in [0.15, 0.2) is 5.76 Å². The maximum Gasteiger partial charge on any atom is 0.273 e. The van der Waals surface area contributed by atoms with Crippen molar-refractivity contribution in [3.05, 3.63) is 114 Å². The molecule has 5 heterocycles. The molecule has 7 rings (SSSR count). The summed E-state index contributed by atoms with van der Waals surface area (Å²) >= 11 is 0. The summed E-state index contributed by atoms with van der Waals surface area (Å²) in [6.07, 6.45) is 3.83. The molecular weight excluding hydrogens is 660 g/mol. The number of likely N-dealkylation sites (tertiary alicyclic amines) is 2. The molecule has 2 atom stereocenters. The lowest BCUT2D eigenvalue weighted by atomic mass is 10.1. The minimum Gasteiger partial charge on any atom is -0.436 e. The molecule has 2 fully saturated rings. The Labute approximate surface area is 290 Å². The number of amides is 4. The molecule has 51 heavy (non-hydrogen) atoms. The quantitative estimate of drug-likeness (QED) is 0.201. The predicted molar refractivity (Wildman–Crippen MR) is 181 cm³/mol. The van der Waals surface area contributed by atoms with Crippen LogP contribution in [0.3, 0.4) is 0 Å². The summed E-state index contributed by atoms with van der Waals surface area (Å²) in [7, 11) is 0. The first-order valence-electron chi connectivity index (χ1n) is 16.4. The first-order chi connectivity index (χ1) is 24.7. The van der Waals surface area contributed by atoms with Gasteiger partial charge in [-0.1, -0.05) is 12.1 Å². The van der Waals surface area contributed by atoms with Gasteiger partial charge in [0, 0.05) is 35.6 Å². The molecular formula is C37H31F2N7O5. The molecule has 0 aliphatic carbocycles. The fourth-order valence-corrected chi connectivity index (χ4v) is 6.32. The predicted octanol–water partition coefficient (Wildman–Crippen LogP) is 5.56. The van der Waals surface area contributed by atoms with Crippen molar-refractivity contribution in [1.82, 2.24) is 24.8 Å². The second kappa shape index (κ2) is 14.3. The Kier molecular flexibility index (Phi) is 9.29. The number of anilines is 2. The summed E-state index contributed by atoms with van der Waals surface area (Å²) in [6, 6.07) is 20.5. The molecule has 0 bridgehead atoms. The van der Waals surface area contributed by atoms with E-state index in [1.807, 2.05) is 0 Å². The molecule has 12 nitrogen and oxygen atoms in total. The highest BCUT2D eigenvalue weighted by molar-refractivity contribution is 6.02. The third-order valence-corrected chi connectivity index (χ3v) is 8.84. The maximum absolute atomic E-state index is 13.6. The van der Waals surface area contributed by atoms with Gasteiger partial charge in [0.25, 0.3) is 11.8 Å². The minimum atomic E-state index is -0.760. The van der Waals surface area contributed by atoms with Crippen molar-refractivity contribution in [2.45, 2.75) is 37.8 Å². The van der Waals surface area contributed by atoms with Gasteiger partial charge in [0.2, 0.25) is 29.6 Å². The van der Waals surface area contributed by atoms with E-state index >= 15 is 0 Å². The molecule has 0 radical (unpaired) electrons. The standard InChI is InChI=1S/C37H31F2N7O5/c38-31-9-1-5-26(43-31)36(49)45-19-3-7-28(45)33(47)41-24-15-11-22(12-16-24)30-21-40-35(51-30)23-13-17-25(18-14-23)42-34(48)29-8-4-20-46(29)37(50)27-6-2-10-32(39)44-27/h1-2,5-6,9-18,21,28-29H,3-4,7-8,19-20H2,(H,41,47)(H,42,48)/t28-,29-/m0/s1. The van der Waals surface area contributed by atoms with E-state index < -0.39 is 35.8 Å². The van der Waals surface area contributed by atoms with E-state index in [1.54, 1.807) is 54.7 Å². The first kappa shape index (κ1) is 33.2. The zero-order valence-electron chi connectivity index (χ0n) is 27.1. The number of rotatable bonds is 8. The van der Waals surface area contributed by atoms with E-state index in [4.69, 9.17) is 4.42 Å². The van der Waals surface area contributed by atoms with E-state index in [2.05, 4.69) is 25.6 Å². The van der Waals surface area contributed by atoms with Gasteiger partial charge in [-0.15, -0.1) is 0 Å². The number of hydrogen-bond donors (Lipinski definition) is 2. The molecule has 2 aromatic carbocycles. The molecule has 2 N–H and O–H groups in total. The minimum absolute atomic E-state index is 0.0453. The van der Waals surface area contributed by atoms with Crippen LogP contribution >= 0.6 is 0 Å². The number of nitrogens with one attached hydrogen (secondary N) is 2. The highest BCUT2D eigenvalue weighted by Gasteiger charge is 2.36. The zero-order chi connectivity index (χ0) is 35.5. The third-order valence-electron chi connectivity index (χ3n) is 8.84. The van der Waals surface area contributed by atoms with Crippen LogP contribution in [0.1, 0.15) is 46.7 Å². The second-order valence-electron chi connectivity index (χ2n) is 12.2. The number of carbonyl (C=O) groups excluding carboxylic acids is 4. The van der Waals surface area contributed by atoms with Gasteiger partial charge in [-0.25, -0.2) is 15.0 Å². The number of halogens is 2. The van der Waals surface area contributed by atoms with Crippen LogP contribution in [0.15, 0.2) is 95.5 Å². The van der Waals surface area contributed by atoms with Gasteiger partial charge in [-0.3, -0.25) is 19.2 Å².